The predicted octanol–water partition coefficient (Wildman–Crippen LogP) is 6.48. The van der Waals surface area contributed by atoms with Crippen molar-refractivity contribution in [2.45, 2.75) is 33.2 Å². The van der Waals surface area contributed by atoms with Gasteiger partial charge in [0.1, 0.15) is 11.6 Å². The van der Waals surface area contributed by atoms with E-state index in [9.17, 15) is 9.18 Å². The number of carbonyl (C=O) groups is 1. The van der Waals surface area contributed by atoms with Crippen molar-refractivity contribution in [3.05, 3.63) is 94.1 Å². The van der Waals surface area contributed by atoms with Crippen molar-refractivity contribution in [1.82, 2.24) is 14.7 Å². The molecule has 1 amide bonds. The average Bonchev–Trinajstić information content (AvgIpc) is 3.49. The molecule has 0 unspecified atom stereocenters. The molecule has 0 atom stereocenters. The molecule has 0 radical (unpaired) electrons. The first-order valence-corrected chi connectivity index (χ1v) is 11.9. The second-order valence-electron chi connectivity index (χ2n) is 7.59. The van der Waals surface area contributed by atoms with Crippen LogP contribution in [0.5, 0.6) is 11.6 Å². The molecule has 0 aliphatic heterocycles. The van der Waals surface area contributed by atoms with E-state index in [-0.39, 0.29) is 11.7 Å². The molecule has 2 heterocycles. The van der Waals surface area contributed by atoms with Crippen LogP contribution >= 0.6 is 11.3 Å². The summed E-state index contributed by atoms with van der Waals surface area (Å²) in [5.74, 6) is 0.873. The summed E-state index contributed by atoms with van der Waals surface area (Å²) in [6.07, 6.45) is 1.50. The predicted molar refractivity (Wildman–Crippen MR) is 129 cm³/mol. The lowest BCUT2D eigenvalue weighted by molar-refractivity contribution is 0.0747. The summed E-state index contributed by atoms with van der Waals surface area (Å²) >= 11 is 1.44. The lowest BCUT2D eigenvalue weighted by atomic mass is 10.1. The Balaban J connectivity index is 1.79. The average molecular weight is 464 g/mol. The van der Waals surface area contributed by atoms with Crippen LogP contribution in [-0.4, -0.2) is 27.1 Å². The quantitative estimate of drug-likeness (QED) is 0.285. The fraction of sp³-hybridized carbons (Fsp3) is 0.231. The van der Waals surface area contributed by atoms with Gasteiger partial charge in [0.2, 0.25) is 5.88 Å². The Morgan fingerprint density at radius 1 is 1.06 bits per heavy atom. The van der Waals surface area contributed by atoms with Crippen LogP contribution in [0.4, 0.5) is 4.39 Å². The minimum absolute atomic E-state index is 0.00547. The van der Waals surface area contributed by atoms with E-state index in [0.717, 1.165) is 17.7 Å². The SMILES string of the molecule is CCCN(Cc1c(CC)nn(-c2ccc(F)cc2)c1Oc1ccccc1)C(=O)c1cccs1. The second kappa shape index (κ2) is 10.4. The molecule has 0 aliphatic carbocycles. The Morgan fingerprint density at radius 2 is 1.82 bits per heavy atom. The number of para-hydroxylation sites is 1. The van der Waals surface area contributed by atoms with E-state index < -0.39 is 0 Å². The fourth-order valence-electron chi connectivity index (χ4n) is 3.65. The van der Waals surface area contributed by atoms with Crippen molar-refractivity contribution in [1.29, 1.82) is 0 Å². The Kier molecular flexibility index (Phi) is 7.19. The number of hydrogen-bond acceptors (Lipinski definition) is 4. The number of amides is 1. The van der Waals surface area contributed by atoms with Gasteiger partial charge in [-0.3, -0.25) is 4.79 Å². The lowest BCUT2D eigenvalue weighted by Gasteiger charge is -2.22. The van der Waals surface area contributed by atoms with Crippen LogP contribution < -0.4 is 4.74 Å². The molecule has 7 heteroatoms. The summed E-state index contributed by atoms with van der Waals surface area (Å²) in [4.78, 5) is 15.8. The molecule has 4 aromatic rings. The standard InChI is InChI=1S/C26H26FN3O2S/c1-3-16-29(25(31)24-11-8-17-33-24)18-22-23(4-2)28-30(20-14-12-19(27)13-15-20)26(22)32-21-9-6-5-7-10-21/h5-15,17H,3-4,16,18H2,1-2H3. The largest absolute Gasteiger partial charge is 0.439 e. The molecule has 0 saturated carbocycles. The van der Waals surface area contributed by atoms with Gasteiger partial charge in [0.25, 0.3) is 5.91 Å². The second-order valence-corrected chi connectivity index (χ2v) is 8.54. The number of nitrogens with zero attached hydrogens (tertiary/aromatic N) is 3. The van der Waals surface area contributed by atoms with Crippen molar-refractivity contribution >= 4 is 17.2 Å². The number of rotatable bonds is 9. The number of benzene rings is 2. The van der Waals surface area contributed by atoms with E-state index in [0.29, 0.717) is 41.7 Å². The fourth-order valence-corrected chi connectivity index (χ4v) is 4.34. The molecule has 4 rings (SSSR count). The van der Waals surface area contributed by atoms with Crippen LogP contribution in [-0.2, 0) is 13.0 Å². The zero-order valence-electron chi connectivity index (χ0n) is 18.7. The van der Waals surface area contributed by atoms with Crippen LogP contribution in [0, 0.1) is 5.82 Å². The molecule has 2 aromatic carbocycles. The summed E-state index contributed by atoms with van der Waals surface area (Å²) in [7, 11) is 0. The summed E-state index contributed by atoms with van der Waals surface area (Å²) < 4.78 is 21.6. The first kappa shape index (κ1) is 22.7. The minimum atomic E-state index is -0.317. The molecule has 5 nitrogen and oxygen atoms in total. The smallest absolute Gasteiger partial charge is 0.264 e. The van der Waals surface area contributed by atoms with Gasteiger partial charge in [0, 0.05) is 6.54 Å². The van der Waals surface area contributed by atoms with Gasteiger partial charge < -0.3 is 9.64 Å². The van der Waals surface area contributed by atoms with Gasteiger partial charge >= 0.3 is 0 Å². The highest BCUT2D eigenvalue weighted by atomic mass is 32.1. The Hall–Kier alpha value is -3.45. The Bertz CT molecular complexity index is 1190. The first-order chi connectivity index (χ1) is 16.1. The Labute approximate surface area is 197 Å². The maximum atomic E-state index is 13.6. The van der Waals surface area contributed by atoms with Crippen LogP contribution in [0.15, 0.2) is 72.1 Å². The van der Waals surface area contributed by atoms with E-state index in [1.807, 2.05) is 59.7 Å². The van der Waals surface area contributed by atoms with Gasteiger partial charge in [-0.1, -0.05) is 38.1 Å². The van der Waals surface area contributed by atoms with E-state index >= 15 is 0 Å². The minimum Gasteiger partial charge on any atom is -0.439 e. The van der Waals surface area contributed by atoms with Crippen LogP contribution in [0.2, 0.25) is 0 Å². The molecule has 0 N–H and O–H groups in total. The summed E-state index contributed by atoms with van der Waals surface area (Å²) in [5.41, 5.74) is 2.38. The molecule has 33 heavy (non-hydrogen) atoms. The molecule has 0 bridgehead atoms. The first-order valence-electron chi connectivity index (χ1n) is 11.0. The van der Waals surface area contributed by atoms with E-state index in [1.54, 1.807) is 16.8 Å². The van der Waals surface area contributed by atoms with Gasteiger partial charge in [0.15, 0.2) is 0 Å². The number of aromatic nitrogens is 2. The molecular weight excluding hydrogens is 437 g/mol. The number of carbonyl (C=O) groups excluding carboxylic acids is 1. The third kappa shape index (κ3) is 5.14. The Morgan fingerprint density at radius 3 is 2.45 bits per heavy atom. The number of halogens is 1. The van der Waals surface area contributed by atoms with Crippen molar-refractivity contribution in [2.75, 3.05) is 6.54 Å². The highest BCUT2D eigenvalue weighted by Gasteiger charge is 2.25. The van der Waals surface area contributed by atoms with Crippen molar-refractivity contribution in [2.24, 2.45) is 0 Å². The van der Waals surface area contributed by atoms with Crippen LogP contribution in [0.25, 0.3) is 5.69 Å². The lowest BCUT2D eigenvalue weighted by Crippen LogP contribution is -2.31. The molecule has 0 spiro atoms. The van der Waals surface area contributed by atoms with Crippen LogP contribution in [0.3, 0.4) is 0 Å². The van der Waals surface area contributed by atoms with Crippen LogP contribution in [0.1, 0.15) is 41.2 Å². The monoisotopic (exact) mass is 463 g/mol. The van der Waals surface area contributed by atoms with Crippen molar-refractivity contribution in [3.63, 3.8) is 0 Å². The molecular formula is C26H26FN3O2S. The highest BCUT2D eigenvalue weighted by molar-refractivity contribution is 7.12. The normalized spacial score (nSPS) is 10.9. The molecule has 2 aromatic heterocycles. The number of hydrogen-bond donors (Lipinski definition) is 0. The van der Waals surface area contributed by atoms with Gasteiger partial charge in [0.05, 0.1) is 28.4 Å². The van der Waals surface area contributed by atoms with Crippen molar-refractivity contribution in [3.8, 4) is 17.3 Å². The summed E-state index contributed by atoms with van der Waals surface area (Å²) in [6.45, 7) is 5.07. The molecule has 170 valence electrons. The number of thiophene rings is 1. The van der Waals surface area contributed by atoms with Gasteiger partial charge in [-0.2, -0.15) is 5.10 Å². The van der Waals surface area contributed by atoms with E-state index in [1.165, 1.54) is 23.5 Å². The topological polar surface area (TPSA) is 47.4 Å². The van der Waals surface area contributed by atoms with Gasteiger partial charge in [-0.15, -0.1) is 11.3 Å². The number of aryl methyl sites for hydroxylation is 1. The van der Waals surface area contributed by atoms with E-state index in [2.05, 4.69) is 6.92 Å². The van der Waals surface area contributed by atoms with Gasteiger partial charge in [-0.25, -0.2) is 9.07 Å². The van der Waals surface area contributed by atoms with E-state index in [4.69, 9.17) is 9.84 Å². The third-order valence-electron chi connectivity index (χ3n) is 5.25. The van der Waals surface area contributed by atoms with Gasteiger partial charge in [-0.05, 0) is 60.7 Å². The highest BCUT2D eigenvalue weighted by Crippen LogP contribution is 2.32. The zero-order valence-corrected chi connectivity index (χ0v) is 19.5. The number of ether oxygens (including phenoxy) is 1. The third-order valence-corrected chi connectivity index (χ3v) is 6.10. The maximum absolute atomic E-state index is 13.6. The zero-order chi connectivity index (χ0) is 23.2. The molecule has 0 fully saturated rings. The molecule has 0 aliphatic rings. The summed E-state index contributed by atoms with van der Waals surface area (Å²) in [5, 5.41) is 6.70. The molecule has 0 saturated heterocycles. The maximum Gasteiger partial charge on any atom is 0.264 e. The van der Waals surface area contributed by atoms with Crippen molar-refractivity contribution < 1.29 is 13.9 Å². The summed E-state index contributed by atoms with van der Waals surface area (Å²) in [6, 6.07) is 19.3.